The van der Waals surface area contributed by atoms with E-state index in [1.165, 1.54) is 12.1 Å². The predicted molar refractivity (Wildman–Crippen MR) is 53.7 cm³/mol. The Labute approximate surface area is 88.3 Å². The number of nitrogens with zero attached hydrogens (tertiary/aromatic N) is 1. The van der Waals surface area contributed by atoms with Gasteiger partial charge >= 0.3 is 0 Å². The van der Waals surface area contributed by atoms with Crippen LogP contribution in [0.4, 0.5) is 4.39 Å². The van der Waals surface area contributed by atoms with E-state index >= 15 is 0 Å². The van der Waals surface area contributed by atoms with Crippen molar-refractivity contribution in [3.8, 4) is 6.07 Å². The maximum Gasteiger partial charge on any atom is 0.123 e. The molecule has 1 aromatic rings. The Hall–Kier alpha value is -1.40. The highest BCUT2D eigenvalue weighted by Crippen LogP contribution is 2.32. The summed E-state index contributed by atoms with van der Waals surface area (Å²) in [6, 6.07) is 8.51. The van der Waals surface area contributed by atoms with Crippen LogP contribution in [0.15, 0.2) is 24.3 Å². The first kappa shape index (κ1) is 10.1. The molecule has 0 spiro atoms. The average Bonchev–Trinajstić information content (AvgIpc) is 2.30. The van der Waals surface area contributed by atoms with Gasteiger partial charge in [-0.1, -0.05) is 12.1 Å². The van der Waals surface area contributed by atoms with Gasteiger partial charge in [0, 0.05) is 6.61 Å². The van der Waals surface area contributed by atoms with Crippen LogP contribution in [0.5, 0.6) is 0 Å². The monoisotopic (exact) mass is 205 g/mol. The Balaban J connectivity index is 2.37. The van der Waals surface area contributed by atoms with Crippen LogP contribution in [0.1, 0.15) is 18.4 Å². The molecule has 78 valence electrons. The van der Waals surface area contributed by atoms with Crippen LogP contribution < -0.4 is 0 Å². The zero-order chi connectivity index (χ0) is 10.7. The van der Waals surface area contributed by atoms with E-state index in [1.54, 1.807) is 12.1 Å². The van der Waals surface area contributed by atoms with Gasteiger partial charge < -0.3 is 4.74 Å². The summed E-state index contributed by atoms with van der Waals surface area (Å²) >= 11 is 0. The van der Waals surface area contributed by atoms with Crippen molar-refractivity contribution in [3.63, 3.8) is 0 Å². The Morgan fingerprint density at radius 1 is 1.47 bits per heavy atom. The van der Waals surface area contributed by atoms with Crippen molar-refractivity contribution in [3.05, 3.63) is 35.6 Å². The molecule has 2 nitrogen and oxygen atoms in total. The normalized spacial score (nSPS) is 25.9. The molecule has 0 aliphatic carbocycles. The molecule has 3 heteroatoms. The maximum absolute atomic E-state index is 13.1. The van der Waals surface area contributed by atoms with Gasteiger partial charge in [-0.05, 0) is 30.5 Å². The molecule has 0 radical (unpaired) electrons. The minimum Gasteiger partial charge on any atom is -0.379 e. The quantitative estimate of drug-likeness (QED) is 0.705. The summed E-state index contributed by atoms with van der Waals surface area (Å²) in [5.74, 6) is -0.298. The zero-order valence-corrected chi connectivity index (χ0v) is 8.37. The second kappa shape index (κ2) is 4.00. The highest BCUT2D eigenvalue weighted by molar-refractivity contribution is 5.33. The third-order valence-corrected chi connectivity index (χ3v) is 2.83. The van der Waals surface area contributed by atoms with E-state index in [1.807, 2.05) is 0 Å². The molecule has 1 fully saturated rings. The highest BCUT2D eigenvalue weighted by Gasteiger charge is 2.35. The molecule has 1 aromatic carbocycles. The molecule has 0 saturated carbocycles. The van der Waals surface area contributed by atoms with E-state index in [0.717, 1.165) is 18.4 Å². The molecule has 1 atom stereocenters. The lowest BCUT2D eigenvalue weighted by atomic mass is 9.77. The number of nitriles is 1. The Morgan fingerprint density at radius 3 is 2.93 bits per heavy atom. The fraction of sp³-hybridized carbons (Fsp3) is 0.417. The maximum atomic E-state index is 13.1. The number of rotatable bonds is 1. The molecular formula is C12H12FNO. The molecule has 1 aliphatic heterocycles. The van der Waals surface area contributed by atoms with Gasteiger partial charge in [-0.25, -0.2) is 4.39 Å². The fourth-order valence-electron chi connectivity index (χ4n) is 1.96. The number of hydrogen-bond acceptors (Lipinski definition) is 2. The zero-order valence-electron chi connectivity index (χ0n) is 8.37. The first-order valence-electron chi connectivity index (χ1n) is 5.02. The van der Waals surface area contributed by atoms with Crippen LogP contribution >= 0.6 is 0 Å². The Bertz CT molecular complexity index is 391. The smallest absolute Gasteiger partial charge is 0.123 e. The van der Waals surface area contributed by atoms with Crippen LogP contribution in [-0.2, 0) is 10.2 Å². The fourth-order valence-corrected chi connectivity index (χ4v) is 1.96. The minimum absolute atomic E-state index is 0.298. The van der Waals surface area contributed by atoms with E-state index in [9.17, 15) is 9.65 Å². The van der Waals surface area contributed by atoms with Crippen molar-refractivity contribution in [2.24, 2.45) is 0 Å². The first-order valence-corrected chi connectivity index (χ1v) is 5.02. The van der Waals surface area contributed by atoms with Crippen LogP contribution in [0.2, 0.25) is 0 Å². The van der Waals surface area contributed by atoms with Gasteiger partial charge in [0.05, 0.1) is 12.7 Å². The largest absolute Gasteiger partial charge is 0.379 e. The van der Waals surface area contributed by atoms with Gasteiger partial charge in [-0.15, -0.1) is 0 Å². The molecule has 0 unspecified atom stereocenters. The summed E-state index contributed by atoms with van der Waals surface area (Å²) in [5.41, 5.74) is 0.0741. The van der Waals surface area contributed by atoms with Gasteiger partial charge in [0.25, 0.3) is 0 Å². The molecule has 15 heavy (non-hydrogen) atoms. The minimum atomic E-state index is -0.652. The van der Waals surface area contributed by atoms with Crippen molar-refractivity contribution >= 4 is 0 Å². The van der Waals surface area contributed by atoms with E-state index < -0.39 is 5.41 Å². The van der Waals surface area contributed by atoms with Crippen molar-refractivity contribution in [1.29, 1.82) is 5.26 Å². The molecule has 2 rings (SSSR count). The molecule has 0 N–H and O–H groups in total. The van der Waals surface area contributed by atoms with Crippen LogP contribution in [0.3, 0.4) is 0 Å². The number of hydrogen-bond donors (Lipinski definition) is 0. The molecule has 0 aromatic heterocycles. The SMILES string of the molecule is N#C[C@]1(c2cccc(F)c2)CCCOC1. The lowest BCUT2D eigenvalue weighted by Crippen LogP contribution is -2.34. The summed E-state index contributed by atoms with van der Waals surface area (Å²) < 4.78 is 18.4. The average molecular weight is 205 g/mol. The second-order valence-corrected chi connectivity index (χ2v) is 3.86. The molecular weight excluding hydrogens is 193 g/mol. The highest BCUT2D eigenvalue weighted by atomic mass is 19.1. The lowest BCUT2D eigenvalue weighted by Gasteiger charge is -2.30. The summed E-state index contributed by atoms with van der Waals surface area (Å²) in [6.07, 6.45) is 1.59. The van der Waals surface area contributed by atoms with E-state index in [0.29, 0.717) is 13.2 Å². The standard InChI is InChI=1S/C12H12FNO/c13-11-4-1-3-10(7-11)12(8-14)5-2-6-15-9-12/h1,3-4,7H,2,5-6,9H2/t12-/m1/s1. The molecule has 1 aliphatic rings. The molecule has 1 saturated heterocycles. The Morgan fingerprint density at radius 2 is 2.33 bits per heavy atom. The molecule has 1 heterocycles. The van der Waals surface area contributed by atoms with Gasteiger partial charge in [0.1, 0.15) is 11.2 Å². The van der Waals surface area contributed by atoms with Crippen molar-refractivity contribution < 1.29 is 9.13 Å². The third-order valence-electron chi connectivity index (χ3n) is 2.83. The van der Waals surface area contributed by atoms with Gasteiger partial charge in [-0.2, -0.15) is 5.26 Å². The molecule has 0 amide bonds. The van der Waals surface area contributed by atoms with Crippen molar-refractivity contribution in [1.82, 2.24) is 0 Å². The first-order chi connectivity index (χ1) is 7.27. The second-order valence-electron chi connectivity index (χ2n) is 3.86. The third kappa shape index (κ3) is 1.86. The van der Waals surface area contributed by atoms with Gasteiger partial charge in [-0.3, -0.25) is 0 Å². The van der Waals surface area contributed by atoms with Crippen LogP contribution in [0, 0.1) is 17.1 Å². The molecule has 0 bridgehead atoms. The topological polar surface area (TPSA) is 33.0 Å². The van der Waals surface area contributed by atoms with E-state index in [-0.39, 0.29) is 5.82 Å². The number of benzene rings is 1. The van der Waals surface area contributed by atoms with Crippen molar-refractivity contribution in [2.45, 2.75) is 18.3 Å². The summed E-state index contributed by atoms with van der Waals surface area (Å²) in [5, 5.41) is 9.23. The van der Waals surface area contributed by atoms with E-state index in [2.05, 4.69) is 6.07 Å². The van der Waals surface area contributed by atoms with Crippen LogP contribution in [0.25, 0.3) is 0 Å². The number of ether oxygens (including phenoxy) is 1. The number of halogens is 1. The van der Waals surface area contributed by atoms with Crippen LogP contribution in [-0.4, -0.2) is 13.2 Å². The summed E-state index contributed by atoms with van der Waals surface area (Å²) in [4.78, 5) is 0. The van der Waals surface area contributed by atoms with Crippen molar-refractivity contribution in [2.75, 3.05) is 13.2 Å². The lowest BCUT2D eigenvalue weighted by molar-refractivity contribution is 0.0562. The predicted octanol–water partition coefficient (Wildman–Crippen LogP) is 2.40. The Kier molecular flexibility index (Phi) is 2.70. The van der Waals surface area contributed by atoms with Gasteiger partial charge in [0.2, 0.25) is 0 Å². The summed E-state index contributed by atoms with van der Waals surface area (Å²) in [6.45, 7) is 1.06. The van der Waals surface area contributed by atoms with E-state index in [4.69, 9.17) is 4.74 Å². The summed E-state index contributed by atoms with van der Waals surface area (Å²) in [7, 11) is 0. The van der Waals surface area contributed by atoms with Gasteiger partial charge in [0.15, 0.2) is 0 Å².